The maximum atomic E-state index is 11.7. The summed E-state index contributed by atoms with van der Waals surface area (Å²) in [5.41, 5.74) is 6.39. The van der Waals surface area contributed by atoms with Gasteiger partial charge in [-0.1, -0.05) is 35.3 Å². The Balaban J connectivity index is 2.51. The zero-order chi connectivity index (χ0) is 13.3. The molecule has 1 aromatic rings. The number of halogens is 2. The minimum atomic E-state index is -0.531. The van der Waals surface area contributed by atoms with E-state index in [0.717, 1.165) is 0 Å². The zero-order valence-electron chi connectivity index (χ0n) is 9.44. The molecule has 0 saturated heterocycles. The molecular weight excluding hydrogens is 273 g/mol. The largest absolute Gasteiger partial charge is 0.385 e. The van der Waals surface area contributed by atoms with Gasteiger partial charge in [0.05, 0.1) is 0 Å². The summed E-state index contributed by atoms with van der Waals surface area (Å²) in [6.45, 7) is 3.93. The van der Waals surface area contributed by atoms with Crippen molar-refractivity contribution in [3.05, 3.63) is 46.5 Å². The molecule has 1 aliphatic rings. The van der Waals surface area contributed by atoms with E-state index < -0.39 is 12.1 Å². The number of nitrogens with two attached hydrogens (primary N) is 1. The van der Waals surface area contributed by atoms with Crippen molar-refractivity contribution in [3.8, 4) is 0 Å². The number of carbonyl (C=O) groups excluding carboxylic acids is 1. The molecule has 1 unspecified atom stereocenters. The Kier molecular flexibility index (Phi) is 3.59. The second-order valence-corrected chi connectivity index (χ2v) is 4.61. The number of rotatable bonds is 3. The molecule has 2 N–H and O–H groups in total. The first kappa shape index (κ1) is 12.9. The summed E-state index contributed by atoms with van der Waals surface area (Å²) in [4.78, 5) is 16.9. The van der Waals surface area contributed by atoms with Crippen molar-refractivity contribution >= 4 is 35.1 Å². The van der Waals surface area contributed by atoms with Crippen molar-refractivity contribution < 1.29 is 4.79 Å². The summed E-state index contributed by atoms with van der Waals surface area (Å²) in [7, 11) is 0. The zero-order valence-corrected chi connectivity index (χ0v) is 10.9. The van der Waals surface area contributed by atoms with E-state index in [4.69, 9.17) is 28.9 Å². The Labute approximate surface area is 115 Å². The smallest absolute Gasteiger partial charge is 0.346 e. The molecule has 1 aromatic carbocycles. The van der Waals surface area contributed by atoms with E-state index in [1.807, 2.05) is 0 Å². The van der Waals surface area contributed by atoms with Gasteiger partial charge in [0.25, 0.3) is 0 Å². The molecule has 1 aliphatic heterocycles. The fraction of sp³-hybridized carbons (Fsp3) is 0.167. The van der Waals surface area contributed by atoms with Gasteiger partial charge in [-0.2, -0.15) is 4.99 Å². The van der Waals surface area contributed by atoms with Crippen molar-refractivity contribution in [1.29, 1.82) is 0 Å². The number of urea groups is 1. The second-order valence-electron chi connectivity index (χ2n) is 3.80. The normalized spacial score (nSPS) is 19.0. The lowest BCUT2D eigenvalue weighted by molar-refractivity contribution is 0.213. The van der Waals surface area contributed by atoms with Crippen LogP contribution in [0.2, 0.25) is 10.0 Å². The number of hydrogen-bond donors (Lipinski definition) is 1. The molecule has 6 heteroatoms. The lowest BCUT2D eigenvalue weighted by atomic mass is 10.1. The van der Waals surface area contributed by atoms with Gasteiger partial charge in [-0.15, -0.1) is 6.58 Å². The Morgan fingerprint density at radius 2 is 2.06 bits per heavy atom. The maximum Gasteiger partial charge on any atom is 0.346 e. The standard InChI is InChI=1S/C12H11Cl2N3O/c1-2-6-17-10(11(15)16-12(17)18)9-7(13)4-3-5-8(9)14/h2-5,10H,1,6H2,(H2,15,16,18). The molecule has 0 fully saturated rings. The molecule has 18 heavy (non-hydrogen) atoms. The van der Waals surface area contributed by atoms with Crippen LogP contribution in [0.3, 0.4) is 0 Å². The van der Waals surface area contributed by atoms with Gasteiger partial charge in [0.15, 0.2) is 0 Å². The van der Waals surface area contributed by atoms with Crippen LogP contribution in [-0.4, -0.2) is 23.3 Å². The average Bonchev–Trinajstić information content (AvgIpc) is 2.56. The minimum absolute atomic E-state index is 0.192. The Hall–Kier alpha value is -1.52. The fourth-order valence-corrected chi connectivity index (χ4v) is 2.51. The first-order valence-electron chi connectivity index (χ1n) is 5.25. The van der Waals surface area contributed by atoms with Gasteiger partial charge >= 0.3 is 6.03 Å². The highest BCUT2D eigenvalue weighted by molar-refractivity contribution is 6.36. The summed E-state index contributed by atoms with van der Waals surface area (Å²) in [5.74, 6) is 0.192. The van der Waals surface area contributed by atoms with Gasteiger partial charge in [-0.05, 0) is 12.1 Å². The molecule has 0 saturated carbocycles. The summed E-state index contributed by atoms with van der Waals surface area (Å²) in [6, 6.07) is 4.19. The second kappa shape index (κ2) is 5.00. The average molecular weight is 284 g/mol. The topological polar surface area (TPSA) is 58.7 Å². The van der Waals surface area contributed by atoms with E-state index in [0.29, 0.717) is 22.2 Å². The third kappa shape index (κ3) is 2.09. The van der Waals surface area contributed by atoms with E-state index in [2.05, 4.69) is 11.6 Å². The molecule has 4 nitrogen and oxygen atoms in total. The predicted octanol–water partition coefficient (Wildman–Crippen LogP) is 3.01. The first-order valence-corrected chi connectivity index (χ1v) is 6.01. The maximum absolute atomic E-state index is 11.7. The van der Waals surface area contributed by atoms with Crippen LogP contribution in [0.5, 0.6) is 0 Å². The van der Waals surface area contributed by atoms with E-state index in [9.17, 15) is 4.79 Å². The van der Waals surface area contributed by atoms with Gasteiger partial charge < -0.3 is 10.6 Å². The van der Waals surface area contributed by atoms with Crippen LogP contribution in [-0.2, 0) is 0 Å². The van der Waals surface area contributed by atoms with Gasteiger partial charge in [0.2, 0.25) is 0 Å². The molecular formula is C12H11Cl2N3O. The Bertz CT molecular complexity index is 522. The van der Waals surface area contributed by atoms with Crippen molar-refractivity contribution in [3.63, 3.8) is 0 Å². The molecule has 0 radical (unpaired) electrons. The number of hydrogen-bond acceptors (Lipinski definition) is 2. The summed E-state index contributed by atoms with van der Waals surface area (Å²) < 4.78 is 0. The highest BCUT2D eigenvalue weighted by Gasteiger charge is 2.36. The number of aliphatic imine (C=N–C) groups is 1. The molecule has 0 aromatic heterocycles. The lowest BCUT2D eigenvalue weighted by Crippen LogP contribution is -2.33. The number of carbonyl (C=O) groups is 1. The van der Waals surface area contributed by atoms with E-state index in [1.54, 1.807) is 24.3 Å². The van der Waals surface area contributed by atoms with Crippen LogP contribution >= 0.6 is 23.2 Å². The van der Waals surface area contributed by atoms with Crippen LogP contribution in [0, 0.1) is 0 Å². The highest BCUT2D eigenvalue weighted by atomic mass is 35.5. The summed E-state index contributed by atoms with van der Waals surface area (Å²) >= 11 is 12.3. The lowest BCUT2D eigenvalue weighted by Gasteiger charge is -2.24. The third-order valence-corrected chi connectivity index (χ3v) is 3.32. The molecule has 94 valence electrons. The number of amidine groups is 1. The SMILES string of the molecule is C=CCN1C(=O)N=C(N)C1c1c(Cl)cccc1Cl. The van der Waals surface area contributed by atoms with Crippen LogP contribution in [0.15, 0.2) is 35.8 Å². The van der Waals surface area contributed by atoms with Gasteiger partial charge in [-0.3, -0.25) is 0 Å². The van der Waals surface area contributed by atoms with Crippen molar-refractivity contribution in [2.45, 2.75) is 6.04 Å². The van der Waals surface area contributed by atoms with E-state index >= 15 is 0 Å². The van der Waals surface area contributed by atoms with Gasteiger partial charge in [-0.25, -0.2) is 4.79 Å². The van der Waals surface area contributed by atoms with Crippen molar-refractivity contribution in [2.75, 3.05) is 6.54 Å². The predicted molar refractivity (Wildman–Crippen MR) is 73.1 cm³/mol. The van der Waals surface area contributed by atoms with Crippen LogP contribution in [0.1, 0.15) is 11.6 Å². The van der Waals surface area contributed by atoms with Crippen molar-refractivity contribution in [1.82, 2.24) is 4.90 Å². The third-order valence-electron chi connectivity index (χ3n) is 2.66. The van der Waals surface area contributed by atoms with Gasteiger partial charge in [0, 0.05) is 22.2 Å². The monoisotopic (exact) mass is 283 g/mol. The van der Waals surface area contributed by atoms with Crippen LogP contribution < -0.4 is 5.73 Å². The Morgan fingerprint density at radius 1 is 1.44 bits per heavy atom. The fourth-order valence-electron chi connectivity index (χ4n) is 1.90. The molecule has 2 rings (SSSR count). The molecule has 0 bridgehead atoms. The summed E-state index contributed by atoms with van der Waals surface area (Å²) in [6.07, 6.45) is 1.60. The van der Waals surface area contributed by atoms with Crippen LogP contribution in [0.4, 0.5) is 4.79 Å². The van der Waals surface area contributed by atoms with Crippen LogP contribution in [0.25, 0.3) is 0 Å². The number of amides is 2. The minimum Gasteiger partial charge on any atom is -0.385 e. The molecule has 1 atom stereocenters. The van der Waals surface area contributed by atoms with Crippen molar-refractivity contribution in [2.24, 2.45) is 10.7 Å². The summed E-state index contributed by atoms with van der Waals surface area (Å²) in [5, 5.41) is 0.906. The first-order chi connectivity index (χ1) is 8.56. The number of benzene rings is 1. The molecule has 2 amide bonds. The molecule has 1 heterocycles. The molecule has 0 aliphatic carbocycles. The van der Waals surface area contributed by atoms with E-state index in [-0.39, 0.29) is 5.84 Å². The van der Waals surface area contributed by atoms with E-state index in [1.165, 1.54) is 4.90 Å². The number of nitrogens with zero attached hydrogens (tertiary/aromatic N) is 2. The highest BCUT2D eigenvalue weighted by Crippen LogP contribution is 2.36. The quantitative estimate of drug-likeness (QED) is 0.867. The Morgan fingerprint density at radius 3 is 2.61 bits per heavy atom. The van der Waals surface area contributed by atoms with Gasteiger partial charge in [0.1, 0.15) is 11.9 Å². The molecule has 0 spiro atoms.